The highest BCUT2D eigenvalue weighted by Crippen LogP contribution is 2.50. The van der Waals surface area contributed by atoms with E-state index in [9.17, 15) is 26.7 Å². The lowest BCUT2D eigenvalue weighted by Gasteiger charge is -2.27. The lowest BCUT2D eigenvalue weighted by Crippen LogP contribution is -2.46. The van der Waals surface area contributed by atoms with E-state index in [-0.39, 0.29) is 17.1 Å². The van der Waals surface area contributed by atoms with Crippen molar-refractivity contribution < 1.29 is 31.1 Å². The number of rotatable bonds is 3. The first-order chi connectivity index (χ1) is 16.4. The van der Waals surface area contributed by atoms with Crippen molar-refractivity contribution in [1.29, 1.82) is 0 Å². The molecule has 4 aromatic heterocycles. The van der Waals surface area contributed by atoms with Crippen LogP contribution in [0.2, 0.25) is 0 Å². The molecule has 0 aliphatic carbocycles. The molecule has 10 nitrogen and oxygen atoms in total. The topological polar surface area (TPSA) is 120 Å². The molecule has 2 amide bonds. The minimum atomic E-state index is -4.88. The van der Waals surface area contributed by atoms with Crippen LogP contribution in [0.3, 0.4) is 0 Å². The third-order valence-corrected chi connectivity index (χ3v) is 5.79. The Labute approximate surface area is 191 Å². The number of hydrogen-bond acceptors (Lipinski definition) is 6. The van der Waals surface area contributed by atoms with E-state index in [1.165, 1.54) is 12.4 Å². The number of pyridine rings is 1. The number of aromatic nitrogens is 7. The number of carbonyl (C=O) groups is 1. The van der Waals surface area contributed by atoms with Gasteiger partial charge in [-0.15, -0.1) is 9.90 Å². The number of fused-ring (bicyclic) bond motifs is 3. The normalized spacial score (nSPS) is 18.0. The quantitative estimate of drug-likeness (QED) is 0.434. The molecule has 1 aliphatic rings. The summed E-state index contributed by atoms with van der Waals surface area (Å²) in [5.74, 6) is -1.60. The molecule has 4 aromatic rings. The van der Waals surface area contributed by atoms with Gasteiger partial charge in [-0.1, -0.05) is 0 Å². The summed E-state index contributed by atoms with van der Waals surface area (Å²) in [5.41, 5.74) is -0.0140. The molecule has 0 fully saturated rings. The lowest BCUT2D eigenvalue weighted by atomic mass is 9.87. The van der Waals surface area contributed by atoms with E-state index in [0.717, 1.165) is 30.2 Å². The molecular formula is C19H13F6N9O. The number of halogens is 6. The Bertz CT molecular complexity index is 1470. The molecule has 0 bridgehead atoms. The minimum Gasteiger partial charge on any atom is -0.351 e. The second-order valence-corrected chi connectivity index (χ2v) is 7.90. The van der Waals surface area contributed by atoms with Gasteiger partial charge in [-0.3, -0.25) is 4.90 Å². The summed E-state index contributed by atoms with van der Waals surface area (Å²) >= 11 is 0. The number of carbonyl (C=O) groups excluding carboxylic acids is 1. The van der Waals surface area contributed by atoms with E-state index in [2.05, 4.69) is 25.3 Å². The Hall–Kier alpha value is -4.24. The van der Waals surface area contributed by atoms with Crippen molar-refractivity contribution in [3.63, 3.8) is 0 Å². The molecule has 0 saturated heterocycles. The highest BCUT2D eigenvalue weighted by atomic mass is 19.4. The zero-order valence-electron chi connectivity index (χ0n) is 17.5. The fraction of sp³-hybridized carbons (Fsp3) is 0.263. The van der Waals surface area contributed by atoms with Gasteiger partial charge >= 0.3 is 12.2 Å². The SMILES string of the molecule is CC1(C(F)(F)F)CN(C(N)=O)c2cnc3c(-c4cnc(-n5nccn5)c(C(F)F)c4)c(F)nn3c21. The van der Waals surface area contributed by atoms with Gasteiger partial charge in [0, 0.05) is 18.3 Å². The molecule has 182 valence electrons. The lowest BCUT2D eigenvalue weighted by molar-refractivity contribution is -0.181. The van der Waals surface area contributed by atoms with Gasteiger partial charge in [0.2, 0.25) is 5.95 Å². The van der Waals surface area contributed by atoms with Gasteiger partial charge in [-0.25, -0.2) is 28.1 Å². The number of nitrogens with two attached hydrogens (primary N) is 1. The van der Waals surface area contributed by atoms with Crippen LogP contribution < -0.4 is 10.6 Å². The van der Waals surface area contributed by atoms with Crippen LogP contribution >= 0.6 is 0 Å². The van der Waals surface area contributed by atoms with Gasteiger partial charge in [0.25, 0.3) is 6.43 Å². The van der Waals surface area contributed by atoms with Crippen LogP contribution in [-0.4, -0.2) is 53.3 Å². The van der Waals surface area contributed by atoms with Crippen molar-refractivity contribution in [2.75, 3.05) is 11.4 Å². The molecule has 0 spiro atoms. The predicted octanol–water partition coefficient (Wildman–Crippen LogP) is 3.17. The summed E-state index contributed by atoms with van der Waals surface area (Å²) in [4.78, 5) is 21.2. The zero-order valence-corrected chi connectivity index (χ0v) is 17.5. The van der Waals surface area contributed by atoms with Crippen molar-refractivity contribution in [3.8, 4) is 16.9 Å². The third-order valence-electron chi connectivity index (χ3n) is 5.79. The van der Waals surface area contributed by atoms with Gasteiger partial charge < -0.3 is 5.73 Å². The fourth-order valence-electron chi connectivity index (χ4n) is 4.07. The standard InChI is InChI=1S/C19H13F6N9O/c1-18(19(23,24)25)7-32(17(26)35)10-6-28-16-11(14(22)31-33(16)12(10)18)8-4-9(13(20)21)15(27-5-8)34-29-2-3-30-34/h2-6,13H,7H2,1H3,(H2,26,35). The highest BCUT2D eigenvalue weighted by molar-refractivity contribution is 5.94. The Morgan fingerprint density at radius 3 is 2.46 bits per heavy atom. The van der Waals surface area contributed by atoms with Crippen LogP contribution in [0.4, 0.5) is 36.8 Å². The minimum absolute atomic E-state index is 0.213. The average molecular weight is 497 g/mol. The average Bonchev–Trinajstić information content (AvgIpc) is 3.49. The summed E-state index contributed by atoms with van der Waals surface area (Å²) in [6.07, 6.45) is -3.51. The Balaban J connectivity index is 1.76. The monoisotopic (exact) mass is 497 g/mol. The number of urea groups is 1. The van der Waals surface area contributed by atoms with E-state index in [0.29, 0.717) is 9.42 Å². The van der Waals surface area contributed by atoms with Crippen molar-refractivity contribution in [3.05, 3.63) is 48.1 Å². The van der Waals surface area contributed by atoms with Crippen LogP contribution in [0.5, 0.6) is 0 Å². The Kier molecular flexibility index (Phi) is 4.75. The molecule has 1 unspecified atom stereocenters. The summed E-state index contributed by atoms with van der Waals surface area (Å²) in [7, 11) is 0. The van der Waals surface area contributed by atoms with E-state index in [1.807, 2.05) is 0 Å². The molecule has 5 heterocycles. The fourth-order valence-corrected chi connectivity index (χ4v) is 4.07. The van der Waals surface area contributed by atoms with Gasteiger partial charge in [0.05, 0.1) is 41.1 Å². The van der Waals surface area contributed by atoms with Crippen molar-refractivity contribution in [1.82, 2.24) is 34.6 Å². The van der Waals surface area contributed by atoms with Gasteiger partial charge in [-0.2, -0.15) is 27.8 Å². The molecule has 1 atom stereocenters. The highest BCUT2D eigenvalue weighted by Gasteiger charge is 2.60. The van der Waals surface area contributed by atoms with Crippen LogP contribution in [0.25, 0.3) is 22.6 Å². The number of amides is 2. The first kappa shape index (κ1) is 22.5. The molecule has 35 heavy (non-hydrogen) atoms. The van der Waals surface area contributed by atoms with Crippen molar-refractivity contribution in [2.45, 2.75) is 24.9 Å². The molecule has 16 heteroatoms. The van der Waals surface area contributed by atoms with E-state index < -0.39 is 59.0 Å². The number of nitrogens with zero attached hydrogens (tertiary/aromatic N) is 8. The second-order valence-electron chi connectivity index (χ2n) is 7.90. The van der Waals surface area contributed by atoms with Crippen LogP contribution in [0.1, 0.15) is 24.6 Å². The molecular weight excluding hydrogens is 484 g/mol. The molecule has 0 aromatic carbocycles. The first-order valence-corrected chi connectivity index (χ1v) is 9.80. The third kappa shape index (κ3) is 3.19. The first-order valence-electron chi connectivity index (χ1n) is 9.80. The van der Waals surface area contributed by atoms with E-state index in [4.69, 9.17) is 5.73 Å². The molecule has 1 aliphatic heterocycles. The van der Waals surface area contributed by atoms with Gasteiger partial charge in [0.1, 0.15) is 5.41 Å². The van der Waals surface area contributed by atoms with Gasteiger partial charge in [-0.05, 0) is 13.0 Å². The van der Waals surface area contributed by atoms with E-state index >= 15 is 4.39 Å². The van der Waals surface area contributed by atoms with Crippen molar-refractivity contribution >= 4 is 17.4 Å². The van der Waals surface area contributed by atoms with Crippen LogP contribution in [-0.2, 0) is 5.41 Å². The maximum atomic E-state index is 15.1. The molecule has 2 N–H and O–H groups in total. The van der Waals surface area contributed by atoms with Crippen LogP contribution in [0.15, 0.2) is 30.9 Å². The van der Waals surface area contributed by atoms with Gasteiger partial charge in [0.15, 0.2) is 11.5 Å². The summed E-state index contributed by atoms with van der Waals surface area (Å²) in [5, 5.41) is 11.1. The molecule has 0 saturated carbocycles. The number of hydrogen-bond donors (Lipinski definition) is 1. The Morgan fingerprint density at radius 1 is 1.17 bits per heavy atom. The smallest absolute Gasteiger partial charge is 0.351 e. The Morgan fingerprint density at radius 2 is 1.86 bits per heavy atom. The second kappa shape index (κ2) is 7.38. The maximum Gasteiger partial charge on any atom is 0.401 e. The maximum absolute atomic E-state index is 15.1. The summed E-state index contributed by atoms with van der Waals surface area (Å²) < 4.78 is 85.5. The molecule has 0 radical (unpaired) electrons. The largest absolute Gasteiger partial charge is 0.401 e. The zero-order chi connectivity index (χ0) is 25.3. The summed E-state index contributed by atoms with van der Waals surface area (Å²) in [6, 6.07) is -0.258. The number of alkyl halides is 5. The predicted molar refractivity (Wildman–Crippen MR) is 106 cm³/mol. The number of anilines is 1. The number of primary amides is 1. The molecule has 5 rings (SSSR count). The van der Waals surface area contributed by atoms with E-state index in [1.54, 1.807) is 0 Å². The van der Waals surface area contributed by atoms with Crippen molar-refractivity contribution in [2.24, 2.45) is 5.73 Å². The van der Waals surface area contributed by atoms with Crippen LogP contribution in [0, 0.1) is 5.95 Å². The summed E-state index contributed by atoms with van der Waals surface area (Å²) in [6.45, 7) is -0.0583.